The monoisotopic (exact) mass is 573 g/mol. The number of likely N-dealkylation sites (N-methyl/N-ethyl adjacent to an activating group) is 3. The van der Waals surface area contributed by atoms with Crippen molar-refractivity contribution < 1.29 is 22.7 Å². The molecule has 1 N–H and O–H groups in total. The van der Waals surface area contributed by atoms with Gasteiger partial charge in [0.25, 0.3) is 0 Å². The zero-order valence-corrected chi connectivity index (χ0v) is 25.5. The first-order valence-corrected chi connectivity index (χ1v) is 14.9. The Kier molecular flexibility index (Phi) is 10.6. The average Bonchev–Trinajstić information content (AvgIpc) is 2.91. The average molecular weight is 574 g/mol. The van der Waals surface area contributed by atoms with Crippen molar-refractivity contribution in [2.24, 2.45) is 0 Å². The normalized spacial score (nSPS) is 15.8. The number of aryl methyl sites for hydroxylation is 2. The molecule has 2 aromatic carbocycles. The minimum atomic E-state index is -3.92. The number of carbonyl (C=O) groups is 2. The van der Waals surface area contributed by atoms with Crippen molar-refractivity contribution in [3.63, 3.8) is 0 Å². The van der Waals surface area contributed by atoms with Gasteiger partial charge in [0, 0.05) is 45.5 Å². The lowest BCUT2D eigenvalue weighted by Gasteiger charge is -2.37. The molecule has 2 amide bonds. The van der Waals surface area contributed by atoms with Crippen molar-refractivity contribution in [2.45, 2.75) is 44.2 Å². The lowest BCUT2D eigenvalue weighted by Crippen LogP contribution is -2.45. The summed E-state index contributed by atoms with van der Waals surface area (Å²) in [5.74, 6) is -0.263. The van der Waals surface area contributed by atoms with Gasteiger partial charge in [0.2, 0.25) is 21.8 Å². The maximum Gasteiger partial charge on any atom is 0.243 e. The number of nitrogens with one attached hydrogen (secondary N) is 1. The van der Waals surface area contributed by atoms with Crippen LogP contribution in [0.1, 0.15) is 29.5 Å². The number of sulfonamides is 1. The fourth-order valence-corrected chi connectivity index (χ4v) is 6.56. The summed E-state index contributed by atoms with van der Waals surface area (Å²) in [7, 11) is 4.87. The Morgan fingerprint density at radius 2 is 1.68 bits per heavy atom. The molecule has 1 fully saturated rings. The molecular formula is C29H43N5O5S. The number of benzene rings is 2. The van der Waals surface area contributed by atoms with E-state index >= 15 is 0 Å². The first kappa shape index (κ1) is 31.4. The molecule has 0 aromatic heterocycles. The third kappa shape index (κ3) is 7.74. The van der Waals surface area contributed by atoms with Gasteiger partial charge in [-0.15, -0.1) is 0 Å². The Bertz CT molecular complexity index is 1270. The molecule has 1 heterocycles. The largest absolute Gasteiger partial charge is 0.497 e. The molecule has 3 rings (SSSR count). The van der Waals surface area contributed by atoms with Gasteiger partial charge in [-0.1, -0.05) is 12.1 Å². The van der Waals surface area contributed by atoms with Gasteiger partial charge in [-0.05, 0) is 81.7 Å². The molecule has 2 aromatic rings. The topological polar surface area (TPSA) is 102 Å². The zero-order chi connectivity index (χ0) is 29.6. The maximum absolute atomic E-state index is 13.2. The van der Waals surface area contributed by atoms with E-state index < -0.39 is 22.5 Å². The summed E-state index contributed by atoms with van der Waals surface area (Å²) in [6.07, 6.45) is 2.37. The molecule has 1 aliphatic heterocycles. The standard InChI is InChI=1S/C29H43N5O5S/c1-21-15-26(39-7)16-22(2)29(21)40(37,38)33(6)20-27(35)30-17-28(36)32(5)18-23-10-12-24(13-11-23)34-14-8-9-25(19-34)31(3)4/h10-13,15-16,25H,8-9,14,17-20H2,1-7H3,(H,30,35). The zero-order valence-electron chi connectivity index (χ0n) is 24.7. The van der Waals surface area contributed by atoms with Crippen molar-refractivity contribution in [1.82, 2.24) is 19.4 Å². The van der Waals surface area contributed by atoms with Gasteiger partial charge in [-0.3, -0.25) is 9.59 Å². The SMILES string of the molecule is COc1cc(C)c(S(=O)(=O)N(C)CC(=O)NCC(=O)N(C)Cc2ccc(N3CCCC(N(C)C)C3)cc2)c(C)c1. The van der Waals surface area contributed by atoms with Crippen LogP contribution in [-0.2, 0) is 26.2 Å². The van der Waals surface area contributed by atoms with Gasteiger partial charge in [0.05, 0.1) is 25.1 Å². The van der Waals surface area contributed by atoms with Crippen molar-refractivity contribution in [3.8, 4) is 5.75 Å². The van der Waals surface area contributed by atoms with E-state index in [1.165, 1.54) is 26.3 Å². The van der Waals surface area contributed by atoms with Gasteiger partial charge in [0.15, 0.2) is 0 Å². The second-order valence-electron chi connectivity index (χ2n) is 10.8. The molecule has 40 heavy (non-hydrogen) atoms. The highest BCUT2D eigenvalue weighted by molar-refractivity contribution is 7.89. The van der Waals surface area contributed by atoms with Gasteiger partial charge in [-0.2, -0.15) is 4.31 Å². The van der Waals surface area contributed by atoms with Crippen LogP contribution in [0.2, 0.25) is 0 Å². The summed E-state index contributed by atoms with van der Waals surface area (Å²) in [6, 6.07) is 12.1. The van der Waals surface area contributed by atoms with E-state index in [1.807, 2.05) is 12.1 Å². The highest BCUT2D eigenvalue weighted by Gasteiger charge is 2.27. The van der Waals surface area contributed by atoms with Gasteiger partial charge in [0.1, 0.15) is 5.75 Å². The molecule has 0 radical (unpaired) electrons. The fourth-order valence-electron chi connectivity index (χ4n) is 5.03. The molecule has 11 heteroatoms. The van der Waals surface area contributed by atoms with Crippen LogP contribution in [0.4, 0.5) is 5.69 Å². The highest BCUT2D eigenvalue weighted by atomic mass is 32.2. The number of rotatable bonds is 11. The Morgan fingerprint density at radius 3 is 2.25 bits per heavy atom. The third-order valence-electron chi connectivity index (χ3n) is 7.41. The van der Waals surface area contributed by atoms with E-state index in [4.69, 9.17) is 4.74 Å². The fraction of sp³-hybridized carbons (Fsp3) is 0.517. The van der Waals surface area contributed by atoms with Crippen molar-refractivity contribution >= 4 is 27.5 Å². The predicted octanol–water partition coefficient (Wildman–Crippen LogP) is 2.24. The van der Waals surface area contributed by atoms with E-state index in [2.05, 4.69) is 41.3 Å². The van der Waals surface area contributed by atoms with Crippen molar-refractivity contribution in [1.29, 1.82) is 0 Å². The molecule has 10 nitrogen and oxygen atoms in total. The molecule has 0 spiro atoms. The Labute approximate surface area is 238 Å². The van der Waals surface area contributed by atoms with Crippen molar-refractivity contribution in [2.75, 3.05) is 66.4 Å². The number of hydrogen-bond donors (Lipinski definition) is 1. The van der Waals surface area contributed by atoms with E-state index in [9.17, 15) is 18.0 Å². The summed E-state index contributed by atoms with van der Waals surface area (Å²) in [5, 5.41) is 2.55. The molecule has 0 bridgehead atoms. The number of nitrogens with zero attached hydrogens (tertiary/aromatic N) is 4. The highest BCUT2D eigenvalue weighted by Crippen LogP contribution is 2.27. The van der Waals surface area contributed by atoms with Crippen LogP contribution >= 0.6 is 0 Å². The van der Waals surface area contributed by atoms with Crippen LogP contribution in [0.15, 0.2) is 41.3 Å². The van der Waals surface area contributed by atoms with E-state index in [-0.39, 0.29) is 17.3 Å². The number of amides is 2. The molecule has 1 atom stereocenters. The molecule has 220 valence electrons. The molecule has 1 aliphatic rings. The Hall–Kier alpha value is -3.15. The van der Waals surface area contributed by atoms with E-state index in [0.29, 0.717) is 29.5 Å². The van der Waals surface area contributed by atoms with Crippen LogP contribution in [0.5, 0.6) is 5.75 Å². The van der Waals surface area contributed by atoms with Crippen LogP contribution in [0.3, 0.4) is 0 Å². The van der Waals surface area contributed by atoms with Crippen molar-refractivity contribution in [3.05, 3.63) is 53.1 Å². The summed E-state index contributed by atoms with van der Waals surface area (Å²) >= 11 is 0. The third-order valence-corrected chi connectivity index (χ3v) is 9.52. The number of ether oxygens (including phenoxy) is 1. The molecular weight excluding hydrogens is 530 g/mol. The molecule has 0 saturated carbocycles. The minimum absolute atomic E-state index is 0.142. The number of anilines is 1. The first-order chi connectivity index (χ1) is 18.8. The summed E-state index contributed by atoms with van der Waals surface area (Å²) in [4.78, 5) is 31.6. The lowest BCUT2D eigenvalue weighted by atomic mass is 10.0. The van der Waals surface area contributed by atoms with E-state index in [0.717, 1.165) is 29.4 Å². The maximum atomic E-state index is 13.2. The smallest absolute Gasteiger partial charge is 0.243 e. The van der Waals surface area contributed by atoms with Crippen LogP contribution in [-0.4, -0.2) is 102 Å². The first-order valence-electron chi connectivity index (χ1n) is 13.5. The second-order valence-corrected chi connectivity index (χ2v) is 12.7. The van der Waals surface area contributed by atoms with Crippen LogP contribution in [0.25, 0.3) is 0 Å². The Balaban J connectivity index is 1.51. The summed E-state index contributed by atoms with van der Waals surface area (Å²) < 4.78 is 32.5. The molecule has 1 unspecified atom stereocenters. The van der Waals surface area contributed by atoms with Gasteiger partial charge in [-0.25, -0.2) is 8.42 Å². The van der Waals surface area contributed by atoms with Gasteiger partial charge < -0.3 is 24.8 Å². The molecule has 0 aliphatic carbocycles. The number of piperidine rings is 1. The predicted molar refractivity (Wildman–Crippen MR) is 157 cm³/mol. The number of hydrogen-bond acceptors (Lipinski definition) is 7. The van der Waals surface area contributed by atoms with Gasteiger partial charge >= 0.3 is 0 Å². The molecule has 1 saturated heterocycles. The number of carbonyl (C=O) groups excluding carboxylic acids is 2. The lowest BCUT2D eigenvalue weighted by molar-refractivity contribution is -0.132. The minimum Gasteiger partial charge on any atom is -0.497 e. The Morgan fingerprint density at radius 1 is 1.05 bits per heavy atom. The van der Waals surface area contributed by atoms with Crippen LogP contribution in [0, 0.1) is 13.8 Å². The quantitative estimate of drug-likeness (QED) is 0.440. The second kappa shape index (κ2) is 13.5. The number of methoxy groups -OCH3 is 1. The summed E-state index contributed by atoms with van der Waals surface area (Å²) in [5.41, 5.74) is 3.23. The van der Waals surface area contributed by atoms with Crippen LogP contribution < -0.4 is 15.0 Å². The summed E-state index contributed by atoms with van der Waals surface area (Å²) in [6.45, 7) is 5.19. The van der Waals surface area contributed by atoms with E-state index in [1.54, 1.807) is 37.9 Å².